The Hall–Kier alpha value is -0.620. The molecule has 5 unspecified atom stereocenters. The number of hydrogen-bond donors (Lipinski definition) is 3. The van der Waals surface area contributed by atoms with Crippen molar-refractivity contribution in [3.05, 3.63) is 12.3 Å². The third-order valence-electron chi connectivity index (χ3n) is 6.93. The van der Waals surface area contributed by atoms with Gasteiger partial charge >= 0.3 is 0 Å². The van der Waals surface area contributed by atoms with E-state index in [2.05, 4.69) is 16.8 Å². The molecular weight excluding hydrogens is 328 g/mol. The van der Waals surface area contributed by atoms with Crippen LogP contribution in [0, 0.1) is 23.7 Å². The summed E-state index contributed by atoms with van der Waals surface area (Å²) < 4.78 is 5.58. The van der Waals surface area contributed by atoms with Gasteiger partial charge in [0.25, 0.3) is 0 Å². The molecule has 26 heavy (non-hydrogen) atoms. The van der Waals surface area contributed by atoms with E-state index in [1.165, 1.54) is 0 Å². The Labute approximate surface area is 158 Å². The molecule has 0 spiro atoms. The first-order valence-corrected chi connectivity index (χ1v) is 10.6. The number of nitrogens with one attached hydrogen (secondary N) is 1. The summed E-state index contributed by atoms with van der Waals surface area (Å²) >= 11 is 0. The van der Waals surface area contributed by atoms with Crippen LogP contribution < -0.4 is 5.32 Å². The van der Waals surface area contributed by atoms with Crippen LogP contribution in [0.5, 0.6) is 0 Å². The average Bonchev–Trinajstić information content (AvgIpc) is 2.89. The van der Waals surface area contributed by atoms with E-state index in [1.807, 2.05) is 13.8 Å². The minimum atomic E-state index is -0.490. The van der Waals surface area contributed by atoms with Crippen molar-refractivity contribution in [1.82, 2.24) is 10.2 Å². The van der Waals surface area contributed by atoms with Gasteiger partial charge in [0, 0.05) is 43.3 Å². The SMILES string of the molecule is C=C(C)NCC1CCC2C(C1)C(O)N(C1CCC(COCC)CC1)C2O. The maximum Gasteiger partial charge on any atom is 0.112 e. The molecule has 0 radical (unpaired) electrons. The highest BCUT2D eigenvalue weighted by Gasteiger charge is 2.52. The van der Waals surface area contributed by atoms with Gasteiger partial charge in [0.2, 0.25) is 0 Å². The van der Waals surface area contributed by atoms with Crippen LogP contribution in [0.25, 0.3) is 0 Å². The van der Waals surface area contributed by atoms with Crippen LogP contribution in [0.1, 0.15) is 58.8 Å². The molecule has 0 bridgehead atoms. The number of ether oxygens (including phenoxy) is 1. The average molecular weight is 367 g/mol. The molecule has 0 aromatic heterocycles. The normalized spacial score (nSPS) is 41.0. The Morgan fingerprint density at radius 2 is 1.69 bits per heavy atom. The third-order valence-corrected chi connectivity index (χ3v) is 6.93. The Morgan fingerprint density at radius 3 is 2.35 bits per heavy atom. The van der Waals surface area contributed by atoms with Crippen molar-refractivity contribution in [2.45, 2.75) is 77.3 Å². The summed E-state index contributed by atoms with van der Waals surface area (Å²) in [6, 6.07) is 0.315. The summed E-state index contributed by atoms with van der Waals surface area (Å²) in [4.78, 5) is 2.06. The number of fused-ring (bicyclic) bond motifs is 1. The van der Waals surface area contributed by atoms with Gasteiger partial charge in [0.15, 0.2) is 0 Å². The van der Waals surface area contributed by atoms with Gasteiger partial charge in [-0.1, -0.05) is 6.58 Å². The number of aliphatic hydroxyl groups is 2. The lowest BCUT2D eigenvalue weighted by Crippen LogP contribution is -2.47. The standard InChI is InChI=1S/C21H38N2O3/c1-4-26-13-15-5-8-17(9-6-15)23-20(24)18-10-7-16(12-22-14(2)3)11-19(18)21(23)25/h15-22,24-25H,2,4-13H2,1,3H3. The molecule has 1 aliphatic heterocycles. The van der Waals surface area contributed by atoms with Crippen LogP contribution in [-0.4, -0.2) is 53.4 Å². The zero-order valence-corrected chi connectivity index (χ0v) is 16.6. The number of rotatable bonds is 7. The molecule has 5 atom stereocenters. The lowest BCUT2D eigenvalue weighted by Gasteiger charge is -2.38. The van der Waals surface area contributed by atoms with Crippen LogP contribution in [-0.2, 0) is 4.74 Å². The van der Waals surface area contributed by atoms with Gasteiger partial charge in [0.1, 0.15) is 12.5 Å². The molecule has 3 rings (SSSR count). The molecule has 5 nitrogen and oxygen atoms in total. The predicted octanol–water partition coefficient (Wildman–Crippen LogP) is 2.69. The fraction of sp³-hybridized carbons (Fsp3) is 0.905. The van der Waals surface area contributed by atoms with E-state index in [9.17, 15) is 10.2 Å². The number of likely N-dealkylation sites (tertiary alicyclic amines) is 1. The highest BCUT2D eigenvalue weighted by atomic mass is 16.5. The zero-order chi connectivity index (χ0) is 18.7. The van der Waals surface area contributed by atoms with Crippen LogP contribution in [0.3, 0.4) is 0 Å². The molecule has 150 valence electrons. The molecule has 3 aliphatic rings. The summed E-state index contributed by atoms with van der Waals surface area (Å²) in [7, 11) is 0. The number of allylic oxidation sites excluding steroid dienone is 1. The molecule has 3 fully saturated rings. The van der Waals surface area contributed by atoms with Gasteiger partial charge in [0.05, 0.1) is 0 Å². The van der Waals surface area contributed by atoms with Gasteiger partial charge in [-0.25, -0.2) is 4.90 Å². The monoisotopic (exact) mass is 366 g/mol. The fourth-order valence-corrected chi connectivity index (χ4v) is 5.46. The van der Waals surface area contributed by atoms with Gasteiger partial charge in [-0.15, -0.1) is 0 Å². The molecular formula is C21H38N2O3. The van der Waals surface area contributed by atoms with Crippen molar-refractivity contribution >= 4 is 0 Å². The van der Waals surface area contributed by atoms with E-state index in [1.54, 1.807) is 0 Å². The molecule has 0 amide bonds. The van der Waals surface area contributed by atoms with Crippen LogP contribution in [0.4, 0.5) is 0 Å². The highest BCUT2D eigenvalue weighted by molar-refractivity contribution is 4.98. The Morgan fingerprint density at radius 1 is 1.04 bits per heavy atom. The number of aliphatic hydroxyl groups excluding tert-OH is 2. The van der Waals surface area contributed by atoms with Crippen LogP contribution >= 0.6 is 0 Å². The Kier molecular flexibility index (Phi) is 7.00. The molecule has 1 heterocycles. The van der Waals surface area contributed by atoms with E-state index < -0.39 is 12.5 Å². The highest BCUT2D eigenvalue weighted by Crippen LogP contribution is 2.47. The smallest absolute Gasteiger partial charge is 0.112 e. The molecule has 5 heteroatoms. The summed E-state index contributed by atoms with van der Waals surface area (Å²) in [6.07, 6.45) is 6.58. The maximum absolute atomic E-state index is 11.0. The largest absolute Gasteiger partial charge is 0.389 e. The zero-order valence-electron chi connectivity index (χ0n) is 16.6. The minimum Gasteiger partial charge on any atom is -0.389 e. The van der Waals surface area contributed by atoms with Gasteiger partial charge in [-0.05, 0) is 70.6 Å². The second-order valence-corrected chi connectivity index (χ2v) is 8.78. The quantitative estimate of drug-likeness (QED) is 0.646. The van der Waals surface area contributed by atoms with Crippen LogP contribution in [0.15, 0.2) is 12.3 Å². The van der Waals surface area contributed by atoms with E-state index >= 15 is 0 Å². The van der Waals surface area contributed by atoms with Crippen molar-refractivity contribution < 1.29 is 14.9 Å². The minimum absolute atomic E-state index is 0.205. The van der Waals surface area contributed by atoms with Crippen molar-refractivity contribution in [2.24, 2.45) is 23.7 Å². The molecule has 0 aromatic rings. The van der Waals surface area contributed by atoms with E-state index in [0.717, 1.165) is 70.4 Å². The van der Waals surface area contributed by atoms with Gasteiger partial charge in [-0.3, -0.25) is 0 Å². The topological polar surface area (TPSA) is 65.0 Å². The lowest BCUT2D eigenvalue weighted by atomic mass is 9.74. The predicted molar refractivity (Wildman–Crippen MR) is 103 cm³/mol. The number of hydrogen-bond acceptors (Lipinski definition) is 5. The van der Waals surface area contributed by atoms with Crippen molar-refractivity contribution in [3.8, 4) is 0 Å². The van der Waals surface area contributed by atoms with Crippen molar-refractivity contribution in [3.63, 3.8) is 0 Å². The van der Waals surface area contributed by atoms with Gasteiger partial charge in [-0.2, -0.15) is 0 Å². The van der Waals surface area contributed by atoms with E-state index in [-0.39, 0.29) is 11.8 Å². The second-order valence-electron chi connectivity index (χ2n) is 8.78. The van der Waals surface area contributed by atoms with Crippen LogP contribution in [0.2, 0.25) is 0 Å². The molecule has 1 saturated heterocycles. The van der Waals surface area contributed by atoms with E-state index in [4.69, 9.17) is 4.74 Å². The Bertz CT molecular complexity index is 464. The Balaban J connectivity index is 1.55. The maximum atomic E-state index is 11.0. The summed E-state index contributed by atoms with van der Waals surface area (Å²) in [5, 5.41) is 25.3. The molecule has 2 saturated carbocycles. The first-order valence-electron chi connectivity index (χ1n) is 10.6. The molecule has 3 N–H and O–H groups in total. The van der Waals surface area contributed by atoms with Crippen molar-refractivity contribution in [2.75, 3.05) is 19.8 Å². The van der Waals surface area contributed by atoms with Gasteiger partial charge < -0.3 is 20.3 Å². The number of nitrogens with zero attached hydrogens (tertiary/aromatic N) is 1. The summed E-state index contributed by atoms with van der Waals surface area (Å²) in [5.41, 5.74) is 1.00. The fourth-order valence-electron chi connectivity index (χ4n) is 5.46. The lowest BCUT2D eigenvalue weighted by molar-refractivity contribution is -0.103. The second kappa shape index (κ2) is 9.05. The molecule has 2 aliphatic carbocycles. The summed E-state index contributed by atoms with van der Waals surface area (Å²) in [5.74, 6) is 1.64. The third kappa shape index (κ3) is 4.44. The van der Waals surface area contributed by atoms with E-state index in [0.29, 0.717) is 17.9 Å². The van der Waals surface area contributed by atoms with Crippen molar-refractivity contribution in [1.29, 1.82) is 0 Å². The molecule has 0 aromatic carbocycles. The first kappa shape index (κ1) is 20.1. The summed E-state index contributed by atoms with van der Waals surface area (Å²) in [6.45, 7) is 10.5. The first-order chi connectivity index (χ1) is 12.5.